The van der Waals surface area contributed by atoms with Gasteiger partial charge in [0.1, 0.15) is 0 Å². The summed E-state index contributed by atoms with van der Waals surface area (Å²) in [5.41, 5.74) is 7.85. The predicted molar refractivity (Wildman–Crippen MR) is 92.5 cm³/mol. The van der Waals surface area contributed by atoms with Crippen molar-refractivity contribution in [1.29, 1.82) is 0 Å². The Morgan fingerprint density at radius 1 is 1.18 bits per heavy atom. The Balaban J connectivity index is 1.78. The van der Waals surface area contributed by atoms with Crippen molar-refractivity contribution in [3.05, 3.63) is 29.8 Å². The summed E-state index contributed by atoms with van der Waals surface area (Å²) in [7, 11) is 0. The van der Waals surface area contributed by atoms with Gasteiger partial charge >= 0.3 is 0 Å². The Morgan fingerprint density at radius 2 is 1.77 bits per heavy atom. The Hall–Kier alpha value is -1.51. The van der Waals surface area contributed by atoms with Gasteiger partial charge in [-0.1, -0.05) is 39.3 Å². The molecule has 2 rings (SSSR count). The van der Waals surface area contributed by atoms with Gasteiger partial charge in [0.2, 0.25) is 5.91 Å². The number of nitrogens with two attached hydrogens (primary N) is 1. The first-order valence-corrected chi connectivity index (χ1v) is 8.54. The first-order chi connectivity index (χ1) is 10.4. The van der Waals surface area contributed by atoms with Gasteiger partial charge in [-0.05, 0) is 54.7 Å². The quantitative estimate of drug-likeness (QED) is 0.810. The number of carbonyl (C=O) groups excluding carboxylic acids is 1. The molecular formula is C19H30N2O. The van der Waals surface area contributed by atoms with E-state index in [2.05, 4.69) is 26.1 Å². The van der Waals surface area contributed by atoms with Crippen molar-refractivity contribution in [1.82, 2.24) is 5.32 Å². The molecule has 0 aromatic heterocycles. The van der Waals surface area contributed by atoms with Gasteiger partial charge < -0.3 is 11.1 Å². The molecule has 1 amide bonds. The standard InChI is InChI=1S/C19H30N2O/c1-4-19(2,3)15-7-11-17(12-8-15)21-18(22)13-14-5-9-16(20)10-6-14/h5-6,9-10,15,17H,4,7-8,11-13,20H2,1-3H3,(H,21,22). The summed E-state index contributed by atoms with van der Waals surface area (Å²) in [6.07, 6.45) is 6.36. The van der Waals surface area contributed by atoms with Crippen LogP contribution in [0.4, 0.5) is 5.69 Å². The van der Waals surface area contributed by atoms with Crippen molar-refractivity contribution in [2.45, 2.75) is 65.3 Å². The summed E-state index contributed by atoms with van der Waals surface area (Å²) in [6.45, 7) is 7.02. The molecule has 0 bridgehead atoms. The number of hydrogen-bond acceptors (Lipinski definition) is 2. The van der Waals surface area contributed by atoms with Crippen molar-refractivity contribution in [3.8, 4) is 0 Å². The van der Waals surface area contributed by atoms with Crippen molar-refractivity contribution in [2.75, 3.05) is 5.73 Å². The molecule has 0 radical (unpaired) electrons. The molecule has 0 heterocycles. The van der Waals surface area contributed by atoms with Gasteiger partial charge in [0, 0.05) is 11.7 Å². The molecule has 122 valence electrons. The van der Waals surface area contributed by atoms with Gasteiger partial charge in [-0.25, -0.2) is 0 Å². The van der Waals surface area contributed by atoms with Gasteiger partial charge in [0.05, 0.1) is 6.42 Å². The number of anilines is 1. The van der Waals surface area contributed by atoms with Crippen molar-refractivity contribution in [3.63, 3.8) is 0 Å². The Labute approximate surface area is 134 Å². The third-order valence-electron chi connectivity index (χ3n) is 5.45. The number of hydrogen-bond donors (Lipinski definition) is 2. The maximum absolute atomic E-state index is 12.2. The minimum Gasteiger partial charge on any atom is -0.399 e. The molecule has 3 heteroatoms. The zero-order chi connectivity index (χ0) is 16.2. The van der Waals surface area contributed by atoms with Crippen LogP contribution in [0.25, 0.3) is 0 Å². The van der Waals surface area contributed by atoms with Crippen LogP contribution in [0.15, 0.2) is 24.3 Å². The molecule has 1 aromatic rings. The van der Waals surface area contributed by atoms with E-state index < -0.39 is 0 Å². The number of rotatable bonds is 5. The molecule has 22 heavy (non-hydrogen) atoms. The second-order valence-corrected chi connectivity index (χ2v) is 7.38. The minimum absolute atomic E-state index is 0.128. The molecule has 3 N–H and O–H groups in total. The summed E-state index contributed by atoms with van der Waals surface area (Å²) in [5.74, 6) is 0.922. The normalized spacial score (nSPS) is 22.3. The molecule has 3 nitrogen and oxygen atoms in total. The van der Waals surface area contributed by atoms with Crippen LogP contribution in [0.2, 0.25) is 0 Å². The summed E-state index contributed by atoms with van der Waals surface area (Å²) in [4.78, 5) is 12.2. The average Bonchev–Trinajstić information content (AvgIpc) is 2.50. The number of benzene rings is 1. The third kappa shape index (κ3) is 4.49. The van der Waals surface area contributed by atoms with E-state index in [-0.39, 0.29) is 5.91 Å². The molecule has 1 fully saturated rings. The van der Waals surface area contributed by atoms with Gasteiger partial charge in [-0.3, -0.25) is 4.79 Å². The maximum Gasteiger partial charge on any atom is 0.224 e. The number of carbonyl (C=O) groups is 1. The number of nitrogen functional groups attached to an aromatic ring is 1. The van der Waals surface area contributed by atoms with Crippen LogP contribution in [0, 0.1) is 11.3 Å². The lowest BCUT2D eigenvalue weighted by molar-refractivity contribution is -0.121. The summed E-state index contributed by atoms with van der Waals surface area (Å²) >= 11 is 0. The maximum atomic E-state index is 12.2. The highest BCUT2D eigenvalue weighted by atomic mass is 16.1. The summed E-state index contributed by atoms with van der Waals surface area (Å²) in [5, 5.41) is 3.20. The van der Waals surface area contributed by atoms with E-state index in [9.17, 15) is 4.79 Å². The van der Waals surface area contributed by atoms with Crippen molar-refractivity contribution >= 4 is 11.6 Å². The van der Waals surface area contributed by atoms with E-state index in [0.717, 1.165) is 30.0 Å². The lowest BCUT2D eigenvalue weighted by atomic mass is 9.69. The van der Waals surface area contributed by atoms with Crippen LogP contribution >= 0.6 is 0 Å². The Bertz CT molecular complexity index is 485. The fraction of sp³-hybridized carbons (Fsp3) is 0.632. The van der Waals surface area contributed by atoms with Crippen molar-refractivity contribution < 1.29 is 4.79 Å². The third-order valence-corrected chi connectivity index (χ3v) is 5.45. The number of amides is 1. The van der Waals surface area contributed by atoms with Gasteiger partial charge in [-0.2, -0.15) is 0 Å². The lowest BCUT2D eigenvalue weighted by Crippen LogP contribution is -2.40. The SMILES string of the molecule is CCC(C)(C)C1CCC(NC(=O)Cc2ccc(N)cc2)CC1. The van der Waals surface area contributed by atoms with Crippen LogP contribution in [0.1, 0.15) is 58.4 Å². The predicted octanol–water partition coefficient (Wildman–Crippen LogP) is 3.92. The fourth-order valence-corrected chi connectivity index (χ4v) is 3.41. The lowest BCUT2D eigenvalue weighted by Gasteiger charge is -2.39. The highest BCUT2D eigenvalue weighted by Gasteiger charge is 2.32. The minimum atomic E-state index is 0.128. The van der Waals surface area contributed by atoms with Gasteiger partial charge in [0.15, 0.2) is 0 Å². The second-order valence-electron chi connectivity index (χ2n) is 7.38. The molecule has 1 aliphatic carbocycles. The van der Waals surface area contributed by atoms with Gasteiger partial charge in [0.25, 0.3) is 0 Å². The first-order valence-electron chi connectivity index (χ1n) is 8.54. The molecule has 1 aliphatic rings. The van der Waals surface area contributed by atoms with E-state index in [1.807, 2.05) is 24.3 Å². The Kier molecular flexibility index (Phi) is 5.49. The monoisotopic (exact) mass is 302 g/mol. The van der Waals surface area contributed by atoms with E-state index in [1.165, 1.54) is 19.3 Å². The zero-order valence-corrected chi connectivity index (χ0v) is 14.2. The smallest absolute Gasteiger partial charge is 0.224 e. The van der Waals surface area contributed by atoms with Crippen molar-refractivity contribution in [2.24, 2.45) is 11.3 Å². The molecule has 0 atom stereocenters. The molecule has 0 unspecified atom stereocenters. The highest BCUT2D eigenvalue weighted by molar-refractivity contribution is 5.79. The molecule has 0 spiro atoms. The molecular weight excluding hydrogens is 272 g/mol. The summed E-state index contributed by atoms with van der Waals surface area (Å²) < 4.78 is 0. The van der Waals surface area contributed by atoms with Crippen LogP contribution in [-0.2, 0) is 11.2 Å². The molecule has 1 saturated carbocycles. The van der Waals surface area contributed by atoms with E-state index in [1.54, 1.807) is 0 Å². The fourth-order valence-electron chi connectivity index (χ4n) is 3.41. The van der Waals surface area contributed by atoms with Crippen LogP contribution in [-0.4, -0.2) is 11.9 Å². The summed E-state index contributed by atoms with van der Waals surface area (Å²) in [6, 6.07) is 7.90. The largest absolute Gasteiger partial charge is 0.399 e. The number of nitrogens with one attached hydrogen (secondary N) is 1. The first kappa shape index (κ1) is 16.9. The average molecular weight is 302 g/mol. The Morgan fingerprint density at radius 3 is 2.32 bits per heavy atom. The van der Waals surface area contributed by atoms with Gasteiger partial charge in [-0.15, -0.1) is 0 Å². The molecule has 0 aliphatic heterocycles. The molecule has 0 saturated heterocycles. The molecule has 1 aromatic carbocycles. The van der Waals surface area contributed by atoms with Crippen LogP contribution in [0.5, 0.6) is 0 Å². The zero-order valence-electron chi connectivity index (χ0n) is 14.2. The second kappa shape index (κ2) is 7.17. The van der Waals surface area contributed by atoms with E-state index in [0.29, 0.717) is 17.9 Å². The highest BCUT2D eigenvalue weighted by Crippen LogP contribution is 2.40. The van der Waals surface area contributed by atoms with Crippen LogP contribution < -0.4 is 11.1 Å². The van der Waals surface area contributed by atoms with Crippen LogP contribution in [0.3, 0.4) is 0 Å². The topological polar surface area (TPSA) is 55.1 Å². The van der Waals surface area contributed by atoms with E-state index in [4.69, 9.17) is 5.73 Å². The van der Waals surface area contributed by atoms with E-state index >= 15 is 0 Å².